The minimum atomic E-state index is -1.40. The highest BCUT2D eigenvalue weighted by Gasteiger charge is 2.48. The summed E-state index contributed by atoms with van der Waals surface area (Å²) >= 11 is 0. The molecule has 23 heavy (non-hydrogen) atoms. The largest absolute Gasteiger partial charge is 0.322 e. The molecule has 1 aliphatic heterocycles. The summed E-state index contributed by atoms with van der Waals surface area (Å²) in [7, 11) is 0. The third-order valence-corrected chi connectivity index (χ3v) is 3.57. The molecule has 1 aliphatic rings. The van der Waals surface area contributed by atoms with Crippen molar-refractivity contribution in [2.45, 2.75) is 37.9 Å². The zero-order chi connectivity index (χ0) is 17.1. The zero-order valence-corrected chi connectivity index (χ0v) is 12.1. The molecule has 1 aromatic rings. The Balaban J connectivity index is 2.17. The molecule has 10 heteroatoms. The Morgan fingerprint density at radius 3 is 2.52 bits per heavy atom. The Hall–Kier alpha value is -2.20. The molecular weight excluding hydrogens is 317 g/mol. The highest BCUT2D eigenvalue weighted by atomic mass is 19.2. The quantitative estimate of drug-likeness (QED) is 0.429. The van der Waals surface area contributed by atoms with Gasteiger partial charge >= 0.3 is 0 Å². The number of hydrazine groups is 1. The van der Waals surface area contributed by atoms with Gasteiger partial charge < -0.3 is 5.32 Å². The van der Waals surface area contributed by atoms with E-state index in [1.54, 1.807) is 0 Å². The van der Waals surface area contributed by atoms with Crippen LogP contribution >= 0.6 is 0 Å². The first-order chi connectivity index (χ1) is 10.8. The number of nitro groups is 1. The first-order valence-corrected chi connectivity index (χ1v) is 6.95. The summed E-state index contributed by atoms with van der Waals surface area (Å²) in [6.07, 6.45) is 1.12. The third kappa shape index (κ3) is 3.59. The average Bonchev–Trinajstić information content (AvgIpc) is 2.89. The molecule has 126 valence electrons. The molecule has 0 radical (unpaired) electrons. The second-order valence-corrected chi connectivity index (χ2v) is 5.17. The van der Waals surface area contributed by atoms with Crippen molar-refractivity contribution in [3.05, 3.63) is 39.7 Å². The van der Waals surface area contributed by atoms with Gasteiger partial charge in [-0.2, -0.15) is 0 Å². The number of carbonyl (C=O) groups is 1. The molecule has 1 aromatic carbocycles. The van der Waals surface area contributed by atoms with E-state index in [1.165, 1.54) is 0 Å². The summed E-state index contributed by atoms with van der Waals surface area (Å²) in [6, 6.07) is -2.33. The zero-order valence-electron chi connectivity index (χ0n) is 12.1. The van der Waals surface area contributed by atoms with Crippen LogP contribution in [-0.2, 0) is 4.79 Å². The molecule has 3 atom stereocenters. The van der Waals surface area contributed by atoms with Crippen LogP contribution in [0.4, 0.5) is 18.9 Å². The van der Waals surface area contributed by atoms with E-state index in [9.17, 15) is 28.1 Å². The van der Waals surface area contributed by atoms with Crippen molar-refractivity contribution in [3.8, 4) is 0 Å². The lowest BCUT2D eigenvalue weighted by Gasteiger charge is -2.15. The fourth-order valence-corrected chi connectivity index (χ4v) is 2.47. The Kier molecular flexibility index (Phi) is 5.16. The lowest BCUT2D eigenvalue weighted by Crippen LogP contribution is -2.47. The average molecular weight is 332 g/mol. The Labute approximate surface area is 129 Å². The van der Waals surface area contributed by atoms with E-state index < -0.39 is 52.1 Å². The smallest absolute Gasteiger partial charge is 0.254 e. The Morgan fingerprint density at radius 2 is 1.91 bits per heavy atom. The molecule has 0 spiro atoms. The van der Waals surface area contributed by atoms with Crippen LogP contribution in [0.2, 0.25) is 0 Å². The van der Waals surface area contributed by atoms with Crippen LogP contribution in [0.25, 0.3) is 0 Å². The number of nitrogens with one attached hydrogen (secondary N) is 3. The number of nitrogens with zero attached hydrogens (tertiary/aromatic N) is 1. The van der Waals surface area contributed by atoms with Gasteiger partial charge in [0.25, 0.3) is 6.04 Å². The number of carbonyl (C=O) groups excluding carboxylic acids is 1. The van der Waals surface area contributed by atoms with Gasteiger partial charge in [-0.1, -0.05) is 13.3 Å². The van der Waals surface area contributed by atoms with Gasteiger partial charge in [0.15, 0.2) is 17.7 Å². The van der Waals surface area contributed by atoms with Gasteiger partial charge in [0.2, 0.25) is 5.91 Å². The fourth-order valence-electron chi connectivity index (χ4n) is 2.47. The molecule has 1 saturated heterocycles. The molecule has 2 rings (SSSR count). The summed E-state index contributed by atoms with van der Waals surface area (Å²) in [5.74, 6) is -4.82. The van der Waals surface area contributed by atoms with E-state index in [4.69, 9.17) is 0 Å². The summed E-state index contributed by atoms with van der Waals surface area (Å²) in [4.78, 5) is 22.7. The maximum atomic E-state index is 13.5. The van der Waals surface area contributed by atoms with Crippen LogP contribution in [0.1, 0.15) is 19.8 Å². The van der Waals surface area contributed by atoms with Crippen molar-refractivity contribution in [3.63, 3.8) is 0 Å². The van der Waals surface area contributed by atoms with Crippen molar-refractivity contribution in [2.75, 3.05) is 5.32 Å². The first-order valence-electron chi connectivity index (χ1n) is 6.95. The van der Waals surface area contributed by atoms with Gasteiger partial charge in [0, 0.05) is 17.1 Å². The van der Waals surface area contributed by atoms with Gasteiger partial charge in [-0.15, -0.1) is 0 Å². The molecule has 7 nitrogen and oxygen atoms in total. The predicted octanol–water partition coefficient (Wildman–Crippen LogP) is 1.33. The summed E-state index contributed by atoms with van der Waals surface area (Å²) in [5.41, 5.74) is 4.57. The summed E-state index contributed by atoms with van der Waals surface area (Å²) in [6.45, 7) is 1.84. The fraction of sp³-hybridized carbons (Fsp3) is 0.462. The SMILES string of the molecule is CCCC1NNC(C(=O)Nc2cc(F)c(F)cc2F)C1[N+](=O)[O-]. The predicted molar refractivity (Wildman–Crippen MR) is 74.5 cm³/mol. The van der Waals surface area contributed by atoms with Crippen LogP contribution in [-0.4, -0.2) is 29.0 Å². The Bertz CT molecular complexity index is 629. The lowest BCUT2D eigenvalue weighted by molar-refractivity contribution is -0.523. The van der Waals surface area contributed by atoms with Crippen LogP contribution in [0.3, 0.4) is 0 Å². The minimum Gasteiger partial charge on any atom is -0.322 e. The van der Waals surface area contributed by atoms with Crippen LogP contribution < -0.4 is 16.2 Å². The summed E-state index contributed by atoms with van der Waals surface area (Å²) < 4.78 is 39.5. The van der Waals surface area contributed by atoms with Crippen LogP contribution in [0.15, 0.2) is 12.1 Å². The van der Waals surface area contributed by atoms with E-state index in [0.717, 1.165) is 0 Å². The minimum absolute atomic E-state index is 0.288. The lowest BCUT2D eigenvalue weighted by atomic mass is 9.99. The molecule has 1 amide bonds. The van der Waals surface area contributed by atoms with E-state index in [2.05, 4.69) is 10.9 Å². The molecule has 0 bridgehead atoms. The van der Waals surface area contributed by atoms with E-state index in [0.29, 0.717) is 18.9 Å². The highest BCUT2D eigenvalue weighted by molar-refractivity contribution is 5.95. The van der Waals surface area contributed by atoms with Gasteiger partial charge in [0.05, 0.1) is 11.7 Å². The van der Waals surface area contributed by atoms with E-state index in [1.807, 2.05) is 12.2 Å². The number of hydrogen-bond acceptors (Lipinski definition) is 5. The monoisotopic (exact) mass is 332 g/mol. The first kappa shape index (κ1) is 17.2. The van der Waals surface area contributed by atoms with E-state index in [-0.39, 0.29) is 6.07 Å². The highest BCUT2D eigenvalue weighted by Crippen LogP contribution is 2.21. The van der Waals surface area contributed by atoms with Gasteiger partial charge in [-0.05, 0) is 6.42 Å². The van der Waals surface area contributed by atoms with Gasteiger partial charge in [-0.25, -0.2) is 24.0 Å². The van der Waals surface area contributed by atoms with Crippen LogP contribution in [0, 0.1) is 27.6 Å². The third-order valence-electron chi connectivity index (χ3n) is 3.57. The number of hydrogen-bond donors (Lipinski definition) is 3. The normalized spacial score (nSPS) is 23.7. The standard InChI is InChI=1S/C13H15F3N4O3/c1-2-3-9-12(20(22)23)11(19-18-9)13(21)17-10-5-7(15)6(14)4-8(10)16/h4-5,9,11-12,18-19H,2-3H2,1H3,(H,17,21). The summed E-state index contributed by atoms with van der Waals surface area (Å²) in [5, 5.41) is 13.2. The van der Waals surface area contributed by atoms with E-state index >= 15 is 0 Å². The maximum absolute atomic E-state index is 13.5. The molecule has 0 aliphatic carbocycles. The van der Waals surface area contributed by atoms with Crippen molar-refractivity contribution < 1.29 is 22.9 Å². The molecular formula is C13H15F3N4O3. The van der Waals surface area contributed by atoms with Gasteiger partial charge in [0.1, 0.15) is 5.82 Å². The second kappa shape index (κ2) is 6.92. The number of rotatable bonds is 5. The van der Waals surface area contributed by atoms with Crippen LogP contribution in [0.5, 0.6) is 0 Å². The molecule has 0 aromatic heterocycles. The Morgan fingerprint density at radius 1 is 1.26 bits per heavy atom. The number of halogens is 3. The molecule has 3 unspecified atom stereocenters. The van der Waals surface area contributed by atoms with Crippen molar-refractivity contribution >= 4 is 11.6 Å². The molecule has 0 saturated carbocycles. The molecule has 1 heterocycles. The number of anilines is 1. The van der Waals surface area contributed by atoms with Gasteiger partial charge in [-0.3, -0.25) is 14.9 Å². The van der Waals surface area contributed by atoms with Crippen molar-refractivity contribution in [2.24, 2.45) is 0 Å². The maximum Gasteiger partial charge on any atom is 0.254 e. The number of amides is 1. The topological polar surface area (TPSA) is 96.3 Å². The second-order valence-electron chi connectivity index (χ2n) is 5.17. The van der Waals surface area contributed by atoms with Crippen molar-refractivity contribution in [1.82, 2.24) is 10.9 Å². The molecule has 3 N–H and O–H groups in total. The van der Waals surface area contributed by atoms with Crippen molar-refractivity contribution in [1.29, 1.82) is 0 Å². The molecule has 1 fully saturated rings. The number of benzene rings is 1.